The summed E-state index contributed by atoms with van der Waals surface area (Å²) in [7, 11) is 0. The van der Waals surface area contributed by atoms with Gasteiger partial charge in [-0.05, 0) is 18.3 Å². The molecule has 3 atom stereocenters. The predicted molar refractivity (Wildman–Crippen MR) is 82.8 cm³/mol. The molecule has 1 aliphatic heterocycles. The van der Waals surface area contributed by atoms with Gasteiger partial charge in [0.15, 0.2) is 0 Å². The molecule has 2 aliphatic rings. The van der Waals surface area contributed by atoms with Crippen LogP contribution in [0.15, 0.2) is 0 Å². The van der Waals surface area contributed by atoms with E-state index in [0.29, 0.717) is 24.4 Å². The van der Waals surface area contributed by atoms with Crippen LogP contribution in [0.1, 0.15) is 40.0 Å². The third-order valence-corrected chi connectivity index (χ3v) is 5.24. The third-order valence-electron chi connectivity index (χ3n) is 5.24. The monoisotopic (exact) mass is 295 g/mol. The number of hydrogen-bond acceptors (Lipinski definition) is 3. The molecule has 5 heteroatoms. The first-order valence-electron chi connectivity index (χ1n) is 8.24. The molecule has 120 valence electrons. The van der Waals surface area contributed by atoms with Crippen molar-refractivity contribution in [3.05, 3.63) is 0 Å². The molecular formula is C16H29N3O2. The van der Waals surface area contributed by atoms with E-state index >= 15 is 0 Å². The fraction of sp³-hybridized carbons (Fsp3) is 0.875. The van der Waals surface area contributed by atoms with E-state index in [4.69, 9.17) is 0 Å². The Kier molecular flexibility index (Phi) is 5.62. The number of amides is 2. The van der Waals surface area contributed by atoms with Crippen LogP contribution in [0.25, 0.3) is 0 Å². The predicted octanol–water partition coefficient (Wildman–Crippen LogP) is 1.09. The van der Waals surface area contributed by atoms with Crippen molar-refractivity contribution in [2.75, 3.05) is 32.7 Å². The first kappa shape index (κ1) is 16.3. The number of nitrogens with one attached hydrogen (secondary N) is 1. The third kappa shape index (κ3) is 4.43. The van der Waals surface area contributed by atoms with Crippen LogP contribution in [0, 0.1) is 11.8 Å². The summed E-state index contributed by atoms with van der Waals surface area (Å²) < 4.78 is 0. The Hall–Kier alpha value is -1.10. The standard InChI is InChI=1S/C16H29N3O2/c1-12-5-4-6-15(13(12)2)17-16(21)11-18-7-9-19(10-8-18)14(3)20/h12-13,15H,4-11H2,1-3H3,(H,17,21)/t12-,13+,15-/m0/s1. The van der Waals surface area contributed by atoms with Crippen molar-refractivity contribution in [1.29, 1.82) is 0 Å². The van der Waals surface area contributed by atoms with Crippen molar-refractivity contribution in [2.24, 2.45) is 11.8 Å². The maximum absolute atomic E-state index is 12.2. The Morgan fingerprint density at radius 1 is 1.10 bits per heavy atom. The van der Waals surface area contributed by atoms with E-state index in [2.05, 4.69) is 24.1 Å². The summed E-state index contributed by atoms with van der Waals surface area (Å²) >= 11 is 0. The average Bonchev–Trinajstić information content (AvgIpc) is 2.44. The van der Waals surface area contributed by atoms with Crippen molar-refractivity contribution in [3.63, 3.8) is 0 Å². The van der Waals surface area contributed by atoms with Crippen LogP contribution in [0.3, 0.4) is 0 Å². The second-order valence-electron chi connectivity index (χ2n) is 6.72. The molecule has 0 radical (unpaired) electrons. The lowest BCUT2D eigenvalue weighted by atomic mass is 9.78. The number of hydrogen-bond donors (Lipinski definition) is 1. The zero-order chi connectivity index (χ0) is 15.4. The fourth-order valence-corrected chi connectivity index (χ4v) is 3.46. The molecule has 1 saturated carbocycles. The normalized spacial score (nSPS) is 31.0. The molecule has 0 aromatic carbocycles. The highest BCUT2D eigenvalue weighted by atomic mass is 16.2. The lowest BCUT2D eigenvalue weighted by Crippen LogP contribution is -2.52. The summed E-state index contributed by atoms with van der Waals surface area (Å²) in [5, 5.41) is 3.22. The van der Waals surface area contributed by atoms with E-state index in [1.165, 1.54) is 12.8 Å². The highest BCUT2D eigenvalue weighted by molar-refractivity contribution is 5.78. The Morgan fingerprint density at radius 2 is 1.76 bits per heavy atom. The highest BCUT2D eigenvalue weighted by Gasteiger charge is 2.28. The molecule has 1 saturated heterocycles. The molecule has 1 aliphatic carbocycles. The first-order valence-corrected chi connectivity index (χ1v) is 8.24. The van der Waals surface area contributed by atoms with Gasteiger partial charge in [0.25, 0.3) is 0 Å². The maximum atomic E-state index is 12.2. The SMILES string of the molecule is CC(=O)N1CCN(CC(=O)N[C@H]2CCC[C@H](C)[C@H]2C)CC1. The van der Waals surface area contributed by atoms with Gasteiger partial charge in [0, 0.05) is 39.1 Å². The maximum Gasteiger partial charge on any atom is 0.234 e. The van der Waals surface area contributed by atoms with Gasteiger partial charge in [0.2, 0.25) is 11.8 Å². The Morgan fingerprint density at radius 3 is 2.38 bits per heavy atom. The molecule has 2 amide bonds. The molecule has 0 aromatic heterocycles. The van der Waals surface area contributed by atoms with Crippen molar-refractivity contribution in [2.45, 2.75) is 46.1 Å². The molecule has 2 fully saturated rings. The smallest absolute Gasteiger partial charge is 0.234 e. The molecule has 5 nitrogen and oxygen atoms in total. The first-order chi connectivity index (χ1) is 9.97. The minimum Gasteiger partial charge on any atom is -0.352 e. The van der Waals surface area contributed by atoms with Crippen LogP contribution in [0.2, 0.25) is 0 Å². The van der Waals surface area contributed by atoms with E-state index in [1.807, 2.05) is 4.90 Å². The summed E-state index contributed by atoms with van der Waals surface area (Å²) in [6, 6.07) is 0.333. The average molecular weight is 295 g/mol. The lowest BCUT2D eigenvalue weighted by Gasteiger charge is -2.36. The van der Waals surface area contributed by atoms with Crippen LogP contribution in [-0.4, -0.2) is 60.4 Å². The van der Waals surface area contributed by atoms with Gasteiger partial charge in [0.1, 0.15) is 0 Å². The van der Waals surface area contributed by atoms with E-state index < -0.39 is 0 Å². The van der Waals surface area contributed by atoms with Gasteiger partial charge < -0.3 is 10.2 Å². The van der Waals surface area contributed by atoms with E-state index in [-0.39, 0.29) is 11.8 Å². The zero-order valence-electron chi connectivity index (χ0n) is 13.6. The lowest BCUT2D eigenvalue weighted by molar-refractivity contribution is -0.131. The molecule has 2 rings (SSSR count). The number of nitrogens with zero attached hydrogens (tertiary/aromatic N) is 2. The molecule has 0 bridgehead atoms. The van der Waals surface area contributed by atoms with Gasteiger partial charge in [-0.25, -0.2) is 0 Å². The minimum absolute atomic E-state index is 0.129. The second kappa shape index (κ2) is 7.25. The summed E-state index contributed by atoms with van der Waals surface area (Å²) in [4.78, 5) is 27.5. The topological polar surface area (TPSA) is 52.7 Å². The quantitative estimate of drug-likeness (QED) is 0.848. The number of piperazine rings is 1. The van der Waals surface area contributed by atoms with Crippen LogP contribution >= 0.6 is 0 Å². The van der Waals surface area contributed by atoms with Gasteiger partial charge in [-0.3, -0.25) is 14.5 Å². The highest BCUT2D eigenvalue weighted by Crippen LogP contribution is 2.29. The summed E-state index contributed by atoms with van der Waals surface area (Å²) in [6.07, 6.45) is 3.60. The summed E-state index contributed by atoms with van der Waals surface area (Å²) in [5.41, 5.74) is 0. The molecule has 0 aromatic rings. The van der Waals surface area contributed by atoms with Gasteiger partial charge in [-0.1, -0.05) is 26.7 Å². The largest absolute Gasteiger partial charge is 0.352 e. The van der Waals surface area contributed by atoms with Crippen molar-refractivity contribution in [1.82, 2.24) is 15.1 Å². The molecule has 0 spiro atoms. The summed E-state index contributed by atoms with van der Waals surface area (Å²) in [6.45, 7) is 9.66. The molecule has 1 N–H and O–H groups in total. The Bertz CT molecular complexity index is 378. The van der Waals surface area contributed by atoms with Crippen LogP contribution in [0.5, 0.6) is 0 Å². The second-order valence-corrected chi connectivity index (χ2v) is 6.72. The van der Waals surface area contributed by atoms with E-state index in [1.54, 1.807) is 6.92 Å². The van der Waals surface area contributed by atoms with Crippen molar-refractivity contribution in [3.8, 4) is 0 Å². The van der Waals surface area contributed by atoms with Gasteiger partial charge in [0.05, 0.1) is 6.54 Å². The van der Waals surface area contributed by atoms with Gasteiger partial charge in [-0.2, -0.15) is 0 Å². The van der Waals surface area contributed by atoms with Crippen LogP contribution in [-0.2, 0) is 9.59 Å². The van der Waals surface area contributed by atoms with E-state index in [9.17, 15) is 9.59 Å². The fourth-order valence-electron chi connectivity index (χ4n) is 3.46. The molecule has 1 heterocycles. The molecule has 21 heavy (non-hydrogen) atoms. The number of carbonyl (C=O) groups is 2. The van der Waals surface area contributed by atoms with Crippen LogP contribution in [0.4, 0.5) is 0 Å². The zero-order valence-corrected chi connectivity index (χ0v) is 13.6. The summed E-state index contributed by atoms with van der Waals surface area (Å²) in [5.74, 6) is 1.53. The van der Waals surface area contributed by atoms with Gasteiger partial charge >= 0.3 is 0 Å². The minimum atomic E-state index is 0.129. The Labute approximate surface area is 128 Å². The number of carbonyl (C=O) groups excluding carboxylic acids is 2. The molecule has 0 unspecified atom stereocenters. The van der Waals surface area contributed by atoms with E-state index in [0.717, 1.165) is 32.6 Å². The van der Waals surface area contributed by atoms with Crippen LogP contribution < -0.4 is 5.32 Å². The number of rotatable bonds is 3. The van der Waals surface area contributed by atoms with Gasteiger partial charge in [-0.15, -0.1) is 0 Å². The Balaban J connectivity index is 1.74. The van der Waals surface area contributed by atoms with Crippen molar-refractivity contribution >= 4 is 11.8 Å². The molecular weight excluding hydrogens is 266 g/mol. The van der Waals surface area contributed by atoms with Crippen molar-refractivity contribution < 1.29 is 9.59 Å².